The number of benzene rings is 1. The summed E-state index contributed by atoms with van der Waals surface area (Å²) in [6.07, 6.45) is 6.80. The quantitative estimate of drug-likeness (QED) is 0.576. The summed E-state index contributed by atoms with van der Waals surface area (Å²) in [5, 5.41) is 4.06. The summed E-state index contributed by atoms with van der Waals surface area (Å²) >= 11 is 6.19. The second kappa shape index (κ2) is 8.85. The Hall–Kier alpha value is -1.17. The van der Waals surface area contributed by atoms with Crippen LogP contribution in [0.3, 0.4) is 0 Å². The van der Waals surface area contributed by atoms with Gasteiger partial charge in [-0.1, -0.05) is 37.6 Å². The van der Waals surface area contributed by atoms with E-state index in [1.165, 1.54) is 0 Å². The standard InChI is InChI=1S/C16H22ClNO/c1-4-5-6-10-19-16-14(8-7-9-15(16)17)12-18-11-13(2)3/h1,7-9,13,18H,5-6,10-12H2,2-3H3. The summed E-state index contributed by atoms with van der Waals surface area (Å²) in [5.74, 6) is 4.00. The molecule has 0 radical (unpaired) electrons. The van der Waals surface area contributed by atoms with Crippen molar-refractivity contribution in [2.45, 2.75) is 33.2 Å². The van der Waals surface area contributed by atoms with E-state index in [2.05, 4.69) is 25.1 Å². The van der Waals surface area contributed by atoms with Crippen molar-refractivity contribution in [2.24, 2.45) is 5.92 Å². The molecule has 0 atom stereocenters. The zero-order valence-electron chi connectivity index (χ0n) is 11.7. The Balaban J connectivity index is 2.59. The molecule has 0 fully saturated rings. The molecule has 0 saturated carbocycles. The van der Waals surface area contributed by atoms with Crippen LogP contribution in [0, 0.1) is 18.3 Å². The van der Waals surface area contributed by atoms with Gasteiger partial charge in [0.05, 0.1) is 11.6 Å². The van der Waals surface area contributed by atoms with Crippen LogP contribution in [0.15, 0.2) is 18.2 Å². The van der Waals surface area contributed by atoms with Gasteiger partial charge in [0.1, 0.15) is 5.75 Å². The van der Waals surface area contributed by atoms with Crippen LogP contribution in [0.25, 0.3) is 0 Å². The van der Waals surface area contributed by atoms with Gasteiger partial charge in [-0.3, -0.25) is 0 Å². The zero-order chi connectivity index (χ0) is 14.1. The molecule has 2 nitrogen and oxygen atoms in total. The summed E-state index contributed by atoms with van der Waals surface area (Å²) in [6, 6.07) is 5.84. The predicted octanol–water partition coefficient (Wildman–Crippen LogP) is 3.88. The van der Waals surface area contributed by atoms with Crippen molar-refractivity contribution in [3.05, 3.63) is 28.8 Å². The number of para-hydroxylation sites is 1. The number of rotatable bonds is 8. The van der Waals surface area contributed by atoms with Crippen LogP contribution in [0.5, 0.6) is 5.75 Å². The second-order valence-corrected chi connectivity index (χ2v) is 5.32. The Morgan fingerprint density at radius 1 is 1.42 bits per heavy atom. The second-order valence-electron chi connectivity index (χ2n) is 4.91. The molecule has 19 heavy (non-hydrogen) atoms. The SMILES string of the molecule is C#CCCCOc1c(Cl)cccc1CNCC(C)C. The van der Waals surface area contributed by atoms with Crippen LogP contribution < -0.4 is 10.1 Å². The zero-order valence-corrected chi connectivity index (χ0v) is 12.5. The number of hydrogen-bond donors (Lipinski definition) is 1. The smallest absolute Gasteiger partial charge is 0.142 e. The van der Waals surface area contributed by atoms with Crippen molar-refractivity contribution >= 4 is 11.6 Å². The van der Waals surface area contributed by atoms with E-state index in [1.54, 1.807) is 0 Å². The Kier molecular flexibility index (Phi) is 7.40. The Bertz CT molecular complexity index is 423. The van der Waals surface area contributed by atoms with E-state index in [-0.39, 0.29) is 0 Å². The molecule has 0 aliphatic heterocycles. The lowest BCUT2D eigenvalue weighted by Gasteiger charge is -2.14. The van der Waals surface area contributed by atoms with E-state index in [9.17, 15) is 0 Å². The van der Waals surface area contributed by atoms with E-state index in [0.717, 1.165) is 37.2 Å². The highest BCUT2D eigenvalue weighted by molar-refractivity contribution is 6.32. The molecule has 0 heterocycles. The average Bonchev–Trinajstić information content (AvgIpc) is 2.36. The van der Waals surface area contributed by atoms with E-state index in [1.807, 2.05) is 18.2 Å². The molecule has 0 bridgehead atoms. The van der Waals surface area contributed by atoms with E-state index in [4.69, 9.17) is 22.8 Å². The van der Waals surface area contributed by atoms with Gasteiger partial charge in [-0.15, -0.1) is 12.3 Å². The Morgan fingerprint density at radius 3 is 2.89 bits per heavy atom. The fraction of sp³-hybridized carbons (Fsp3) is 0.500. The molecule has 0 saturated heterocycles. The number of terminal acetylenes is 1. The number of nitrogens with one attached hydrogen (secondary N) is 1. The summed E-state index contributed by atoms with van der Waals surface area (Å²) in [5.41, 5.74) is 1.09. The molecule has 0 aliphatic rings. The highest BCUT2D eigenvalue weighted by atomic mass is 35.5. The first-order chi connectivity index (χ1) is 9.15. The topological polar surface area (TPSA) is 21.3 Å². The minimum Gasteiger partial charge on any atom is -0.492 e. The minimum atomic E-state index is 0.602. The summed E-state index contributed by atoms with van der Waals surface area (Å²) < 4.78 is 5.76. The first-order valence-electron chi connectivity index (χ1n) is 6.69. The molecule has 1 aromatic rings. The molecule has 0 amide bonds. The molecule has 0 aromatic heterocycles. The maximum absolute atomic E-state index is 6.19. The molecular formula is C16H22ClNO. The normalized spacial score (nSPS) is 10.5. The van der Waals surface area contributed by atoms with Crippen molar-refractivity contribution in [3.63, 3.8) is 0 Å². The number of unbranched alkanes of at least 4 members (excludes halogenated alkanes) is 1. The Morgan fingerprint density at radius 2 is 2.21 bits per heavy atom. The van der Waals surface area contributed by atoms with Crippen molar-refractivity contribution in [2.75, 3.05) is 13.2 Å². The highest BCUT2D eigenvalue weighted by Crippen LogP contribution is 2.28. The van der Waals surface area contributed by atoms with E-state index in [0.29, 0.717) is 17.5 Å². The number of hydrogen-bond acceptors (Lipinski definition) is 2. The minimum absolute atomic E-state index is 0.602. The van der Waals surface area contributed by atoms with Gasteiger partial charge in [0.15, 0.2) is 0 Å². The highest BCUT2D eigenvalue weighted by Gasteiger charge is 2.08. The van der Waals surface area contributed by atoms with Gasteiger partial charge < -0.3 is 10.1 Å². The largest absolute Gasteiger partial charge is 0.492 e. The molecule has 1 aromatic carbocycles. The van der Waals surface area contributed by atoms with Gasteiger partial charge in [-0.25, -0.2) is 0 Å². The summed E-state index contributed by atoms with van der Waals surface area (Å²) in [4.78, 5) is 0. The molecule has 1 N–H and O–H groups in total. The first kappa shape index (κ1) is 15.9. The number of ether oxygens (including phenoxy) is 1. The lowest BCUT2D eigenvalue weighted by atomic mass is 10.1. The molecule has 104 valence electrons. The maximum atomic E-state index is 6.19. The van der Waals surface area contributed by atoms with Gasteiger partial charge in [0.2, 0.25) is 0 Å². The summed E-state index contributed by atoms with van der Waals surface area (Å²) in [7, 11) is 0. The van der Waals surface area contributed by atoms with Gasteiger partial charge in [0.25, 0.3) is 0 Å². The molecule has 3 heteroatoms. The molecule has 0 unspecified atom stereocenters. The Labute approximate surface area is 121 Å². The fourth-order valence-electron chi connectivity index (χ4n) is 1.70. The van der Waals surface area contributed by atoms with Crippen molar-refractivity contribution in [3.8, 4) is 18.1 Å². The van der Waals surface area contributed by atoms with E-state index < -0.39 is 0 Å². The molecule has 0 aliphatic carbocycles. The third kappa shape index (κ3) is 6.00. The lowest BCUT2D eigenvalue weighted by Crippen LogP contribution is -2.19. The number of halogens is 1. The van der Waals surface area contributed by atoms with Gasteiger partial charge >= 0.3 is 0 Å². The van der Waals surface area contributed by atoms with Gasteiger partial charge in [-0.05, 0) is 24.9 Å². The first-order valence-corrected chi connectivity index (χ1v) is 7.07. The predicted molar refractivity (Wildman–Crippen MR) is 81.6 cm³/mol. The molecule has 1 rings (SSSR count). The van der Waals surface area contributed by atoms with Crippen LogP contribution in [-0.4, -0.2) is 13.2 Å². The van der Waals surface area contributed by atoms with Crippen molar-refractivity contribution < 1.29 is 4.74 Å². The monoisotopic (exact) mass is 279 g/mol. The van der Waals surface area contributed by atoms with Gasteiger partial charge in [-0.2, -0.15) is 0 Å². The third-order valence-electron chi connectivity index (χ3n) is 2.63. The van der Waals surface area contributed by atoms with Crippen LogP contribution in [0.1, 0.15) is 32.3 Å². The van der Waals surface area contributed by atoms with Crippen LogP contribution in [0.2, 0.25) is 5.02 Å². The fourth-order valence-corrected chi connectivity index (χ4v) is 1.95. The molecule has 0 spiro atoms. The van der Waals surface area contributed by atoms with Gasteiger partial charge in [0, 0.05) is 18.5 Å². The average molecular weight is 280 g/mol. The van der Waals surface area contributed by atoms with Crippen LogP contribution in [-0.2, 0) is 6.54 Å². The van der Waals surface area contributed by atoms with Crippen molar-refractivity contribution in [1.29, 1.82) is 0 Å². The maximum Gasteiger partial charge on any atom is 0.142 e. The van der Waals surface area contributed by atoms with E-state index >= 15 is 0 Å². The molecular weight excluding hydrogens is 258 g/mol. The van der Waals surface area contributed by atoms with Crippen molar-refractivity contribution in [1.82, 2.24) is 5.32 Å². The summed E-state index contributed by atoms with van der Waals surface area (Å²) in [6.45, 7) is 6.71. The van der Waals surface area contributed by atoms with Crippen LogP contribution >= 0.6 is 11.6 Å². The third-order valence-corrected chi connectivity index (χ3v) is 2.93. The van der Waals surface area contributed by atoms with Crippen LogP contribution in [0.4, 0.5) is 0 Å². The lowest BCUT2D eigenvalue weighted by molar-refractivity contribution is 0.309.